The van der Waals surface area contributed by atoms with E-state index in [9.17, 15) is 0 Å². The Balaban J connectivity index is 0.000000104. The van der Waals surface area contributed by atoms with E-state index < -0.39 is 0 Å². The fourth-order valence-corrected chi connectivity index (χ4v) is 25.3. The van der Waals surface area contributed by atoms with Gasteiger partial charge in [0.2, 0.25) is 0 Å². The number of hydrogen-bond donors (Lipinski definition) is 0. The fourth-order valence-electron chi connectivity index (χ4n) is 24.2. The summed E-state index contributed by atoms with van der Waals surface area (Å²) in [6.07, 6.45) is 0. The summed E-state index contributed by atoms with van der Waals surface area (Å²) in [6, 6.07) is 163. The molecule has 0 N–H and O–H groups in total. The Labute approximate surface area is 772 Å². The molecule has 620 valence electrons. The molecule has 3 aliphatic carbocycles. The molecular weight excluding hydrogens is 1610 g/mol. The van der Waals surface area contributed by atoms with Gasteiger partial charge in [0.25, 0.3) is 0 Å². The molecule has 25 aromatic rings. The van der Waals surface area contributed by atoms with Gasteiger partial charge in [0.05, 0.1) is 0 Å². The van der Waals surface area contributed by atoms with Crippen LogP contribution in [-0.4, -0.2) is 0 Å². The normalized spacial score (nSPS) is 13.6. The van der Waals surface area contributed by atoms with Crippen LogP contribution in [0.25, 0.3) is 239 Å². The molecule has 0 saturated heterocycles. The van der Waals surface area contributed by atoms with Crippen molar-refractivity contribution in [3.63, 3.8) is 0 Å². The minimum Gasteiger partial charge on any atom is -0.135 e. The lowest BCUT2D eigenvalue weighted by molar-refractivity contribution is 0.661. The topological polar surface area (TPSA) is 0 Å². The molecule has 24 aromatic carbocycles. The smallest absolute Gasteiger partial charge is 0.0355 e. The maximum Gasteiger partial charge on any atom is 0.0355 e. The maximum absolute atomic E-state index is 2.42. The fraction of sp³-hybridized carbons (Fsp3) is 0.0687. The van der Waals surface area contributed by atoms with E-state index in [1.807, 2.05) is 11.3 Å². The van der Waals surface area contributed by atoms with Crippen LogP contribution in [0, 0.1) is 0 Å². The lowest BCUT2D eigenvalue weighted by Crippen LogP contribution is -2.14. The van der Waals surface area contributed by atoms with Gasteiger partial charge in [-0.05, 0) is 270 Å². The van der Waals surface area contributed by atoms with E-state index >= 15 is 0 Å². The minimum atomic E-state index is -0.0953. The van der Waals surface area contributed by atoms with Crippen LogP contribution in [0.3, 0.4) is 0 Å². The van der Waals surface area contributed by atoms with Gasteiger partial charge < -0.3 is 0 Å². The lowest BCUT2D eigenvalue weighted by Gasteiger charge is -2.23. The van der Waals surface area contributed by atoms with Crippen LogP contribution in [0.2, 0.25) is 0 Å². The van der Waals surface area contributed by atoms with E-state index in [1.165, 1.54) is 272 Å². The molecule has 28 rings (SSSR count). The van der Waals surface area contributed by atoms with Crippen molar-refractivity contribution in [3.05, 3.63) is 470 Å². The number of rotatable bonds is 6. The quantitative estimate of drug-likeness (QED) is 0.115. The van der Waals surface area contributed by atoms with Crippen LogP contribution >= 0.6 is 11.3 Å². The Hall–Kier alpha value is -15.6. The summed E-state index contributed by atoms with van der Waals surface area (Å²) in [5.41, 5.74) is 32.2. The van der Waals surface area contributed by atoms with Crippen molar-refractivity contribution in [2.75, 3.05) is 0 Å². The molecule has 0 spiro atoms. The summed E-state index contributed by atoms with van der Waals surface area (Å²) in [6.45, 7) is 14.3. The van der Waals surface area contributed by atoms with Crippen LogP contribution < -0.4 is 0 Å². The number of benzene rings is 24. The first kappa shape index (κ1) is 77.5. The third-order valence-electron chi connectivity index (χ3n) is 30.2. The Morgan fingerprint density at radius 3 is 0.788 bits per heavy atom. The number of thiophene rings is 1. The lowest BCUT2D eigenvalue weighted by atomic mass is 9.80. The molecule has 0 atom stereocenters. The van der Waals surface area contributed by atoms with E-state index in [0.29, 0.717) is 0 Å². The summed E-state index contributed by atoms with van der Waals surface area (Å²) in [5, 5.41) is 31.2. The molecule has 1 heteroatoms. The van der Waals surface area contributed by atoms with Crippen molar-refractivity contribution in [2.24, 2.45) is 0 Å². The summed E-state index contributed by atoms with van der Waals surface area (Å²) in [7, 11) is 0. The number of hydrogen-bond acceptors (Lipinski definition) is 1. The number of fused-ring (bicyclic) bond motifs is 27. The third kappa shape index (κ3) is 11.4. The standard InChI is InChI=1S/C47H32.C45H30S.C39H28/c1-47(2)41-24-12-23-40(46(41)45-32-16-6-4-14-30(32)26-28-42(45)47)44-38-19-9-7-17-36(38)43(37-18-8-10-20-39(37)44)35-22-11-21-33-31-15-5-3-13-29(31)25-27-34(33)35;1-45(2)37-20-11-19-35(44(37)43-29-13-4-3-12-27(29)22-24-38(43)45)42-33-17-7-5-15-31(33)41(32-16-6-8-18-34(32)42)28-23-25-40-36(26-28)30-14-9-10-21-39(30)46-40;1-39(2)33-22-12-21-32(38(33)37-27-16-7-6-13-25(27)23-24-34(37)39)36-30-19-10-8-17-28(30)35(26-14-4-3-5-15-26)29-18-9-11-20-31(29)36/h3-28H,1-2H3;3-26H,1-2H3;3-24H,1-2H3. The monoisotopic (exact) mass is 1690 g/mol. The van der Waals surface area contributed by atoms with Gasteiger partial charge >= 0.3 is 0 Å². The van der Waals surface area contributed by atoms with Gasteiger partial charge in [-0.25, -0.2) is 0 Å². The first-order chi connectivity index (χ1) is 64.8. The summed E-state index contributed by atoms with van der Waals surface area (Å²) in [4.78, 5) is 0. The average Bonchev–Trinajstić information content (AvgIpc) is 1.50. The Morgan fingerprint density at radius 1 is 0.136 bits per heavy atom. The Kier molecular flexibility index (Phi) is 17.4. The summed E-state index contributed by atoms with van der Waals surface area (Å²) in [5.74, 6) is 0. The summed E-state index contributed by atoms with van der Waals surface area (Å²) < 4.78 is 2.68. The Bertz CT molecular complexity index is 9070. The van der Waals surface area contributed by atoms with Crippen molar-refractivity contribution in [1.29, 1.82) is 0 Å². The van der Waals surface area contributed by atoms with Crippen molar-refractivity contribution < 1.29 is 0 Å². The highest BCUT2D eigenvalue weighted by Gasteiger charge is 2.42. The first-order valence-corrected chi connectivity index (χ1v) is 47.3. The molecular formula is C131H90S. The van der Waals surface area contributed by atoms with Crippen molar-refractivity contribution in [1.82, 2.24) is 0 Å². The van der Waals surface area contributed by atoms with Gasteiger partial charge in [-0.3, -0.25) is 0 Å². The highest BCUT2D eigenvalue weighted by molar-refractivity contribution is 7.25. The molecule has 0 aliphatic heterocycles. The van der Waals surface area contributed by atoms with Gasteiger partial charge in [0.1, 0.15) is 0 Å². The highest BCUT2D eigenvalue weighted by atomic mass is 32.1. The molecule has 1 heterocycles. The first-order valence-electron chi connectivity index (χ1n) is 46.5. The van der Waals surface area contributed by atoms with Crippen LogP contribution in [0.15, 0.2) is 437 Å². The molecule has 0 unspecified atom stereocenters. The van der Waals surface area contributed by atoms with Crippen LogP contribution in [0.4, 0.5) is 0 Å². The SMILES string of the molecule is CC1(C)c2cccc(-c3c4ccccc4c(-c4ccc5sc6ccccc6c5c4)c4ccccc34)c2-c2c1ccc1ccccc21.CC1(C)c2cccc(-c3c4ccccc4c(-c4cccc5c4ccc4ccccc45)c4ccccc34)c2-c2c1ccc1ccccc21.CC1(C)c2cccc(-c3c4ccccc4c(-c4ccccc4)c4ccccc34)c2-c2c1ccc1ccccc21. The van der Waals surface area contributed by atoms with Crippen LogP contribution in [-0.2, 0) is 16.2 Å². The predicted molar refractivity (Wildman–Crippen MR) is 570 cm³/mol. The second kappa shape index (κ2) is 29.7. The second-order valence-corrected chi connectivity index (χ2v) is 39.2. The van der Waals surface area contributed by atoms with Gasteiger partial charge in [-0.1, -0.05) is 460 Å². The summed E-state index contributed by atoms with van der Waals surface area (Å²) >= 11 is 1.88. The van der Waals surface area contributed by atoms with Crippen LogP contribution in [0.5, 0.6) is 0 Å². The van der Waals surface area contributed by atoms with Gasteiger partial charge in [0, 0.05) is 36.4 Å². The van der Waals surface area contributed by atoms with Crippen LogP contribution in [0.1, 0.15) is 74.9 Å². The van der Waals surface area contributed by atoms with Gasteiger partial charge in [0.15, 0.2) is 0 Å². The van der Waals surface area contributed by atoms with E-state index in [-0.39, 0.29) is 16.2 Å². The van der Waals surface area contributed by atoms with Crippen molar-refractivity contribution >= 4 is 150 Å². The second-order valence-electron chi connectivity index (χ2n) is 38.1. The van der Waals surface area contributed by atoms with Crippen molar-refractivity contribution in [3.8, 4) is 100 Å². The highest BCUT2D eigenvalue weighted by Crippen LogP contribution is 2.62. The zero-order valence-electron chi connectivity index (χ0n) is 74.5. The molecule has 0 nitrogen and oxygen atoms in total. The molecule has 0 fully saturated rings. The van der Waals surface area contributed by atoms with E-state index in [0.717, 1.165) is 0 Å². The molecule has 3 aliphatic rings. The van der Waals surface area contributed by atoms with E-state index in [4.69, 9.17) is 0 Å². The molecule has 0 radical (unpaired) electrons. The minimum absolute atomic E-state index is 0.0692. The predicted octanol–water partition coefficient (Wildman–Crippen LogP) is 37.0. The molecule has 1 aromatic heterocycles. The van der Waals surface area contributed by atoms with E-state index in [2.05, 4.69) is 478 Å². The van der Waals surface area contributed by atoms with E-state index in [1.54, 1.807) is 0 Å². The Morgan fingerprint density at radius 2 is 0.402 bits per heavy atom. The zero-order chi connectivity index (χ0) is 88.0. The molecule has 0 bridgehead atoms. The maximum atomic E-state index is 2.42. The van der Waals surface area contributed by atoms with Crippen molar-refractivity contribution in [2.45, 2.75) is 57.8 Å². The molecule has 132 heavy (non-hydrogen) atoms. The largest absolute Gasteiger partial charge is 0.135 e. The zero-order valence-corrected chi connectivity index (χ0v) is 75.3. The third-order valence-corrected chi connectivity index (χ3v) is 31.3. The molecule has 0 amide bonds. The molecule has 0 saturated carbocycles. The van der Waals surface area contributed by atoms with Gasteiger partial charge in [-0.15, -0.1) is 11.3 Å². The van der Waals surface area contributed by atoms with Gasteiger partial charge in [-0.2, -0.15) is 0 Å². The average molecular weight is 1700 g/mol.